The van der Waals surface area contributed by atoms with Gasteiger partial charge in [0.1, 0.15) is 23.8 Å². The van der Waals surface area contributed by atoms with Crippen molar-refractivity contribution in [2.24, 2.45) is 0 Å². The van der Waals surface area contributed by atoms with Crippen molar-refractivity contribution in [1.82, 2.24) is 9.88 Å². The van der Waals surface area contributed by atoms with Crippen LogP contribution >= 0.6 is 15.9 Å². The highest BCUT2D eigenvalue weighted by molar-refractivity contribution is 9.10. The first-order valence-electron chi connectivity index (χ1n) is 10.8. The summed E-state index contributed by atoms with van der Waals surface area (Å²) in [6.45, 7) is 5.51. The number of carbonyl (C=O) groups is 1. The minimum Gasteiger partial charge on any atom is -0.755 e. The third kappa shape index (κ3) is 7.61. The van der Waals surface area contributed by atoms with Gasteiger partial charge in [-0.25, -0.2) is 9.18 Å². The number of halogens is 2. The number of hydrogen-bond donors (Lipinski definition) is 0. The Morgan fingerprint density at radius 2 is 1.94 bits per heavy atom. The average Bonchev–Trinajstić information content (AvgIpc) is 2.78. The first kappa shape index (κ1) is 26.8. The van der Waals surface area contributed by atoms with Crippen LogP contribution in [0.2, 0.25) is 0 Å². The first-order chi connectivity index (χ1) is 16.5. The normalized spacial score (nSPS) is 12.3. The Labute approximate surface area is 214 Å². The number of pyridine rings is 1. The van der Waals surface area contributed by atoms with Crippen molar-refractivity contribution in [3.05, 3.63) is 65.1 Å². The van der Waals surface area contributed by atoms with E-state index in [2.05, 4.69) is 20.9 Å². The molecule has 2 aromatic carbocycles. The van der Waals surface area contributed by atoms with Gasteiger partial charge in [-0.2, -0.15) is 0 Å². The lowest BCUT2D eigenvalue weighted by molar-refractivity contribution is 0.0232. The molecule has 8 nitrogen and oxygen atoms in total. The van der Waals surface area contributed by atoms with Crippen molar-refractivity contribution in [2.45, 2.75) is 26.4 Å². The summed E-state index contributed by atoms with van der Waals surface area (Å²) < 4.78 is 50.4. The maximum absolute atomic E-state index is 13.3. The molecule has 1 atom stereocenters. The molecule has 0 radical (unpaired) electrons. The van der Waals surface area contributed by atoms with Crippen LogP contribution in [-0.2, 0) is 16.0 Å². The van der Waals surface area contributed by atoms with Gasteiger partial charge in [0.15, 0.2) is 0 Å². The van der Waals surface area contributed by atoms with E-state index in [9.17, 15) is 17.9 Å². The summed E-state index contributed by atoms with van der Waals surface area (Å²) in [5.74, 6) is 0.0109. The minimum atomic E-state index is -2.59. The second kappa shape index (κ2) is 11.8. The summed E-state index contributed by atoms with van der Waals surface area (Å²) in [4.78, 5) is 18.3. The molecule has 35 heavy (non-hydrogen) atoms. The summed E-state index contributed by atoms with van der Waals surface area (Å²) in [5.41, 5.74) is -0.256. The number of amides is 1. The number of anilines is 1. The van der Waals surface area contributed by atoms with Crippen LogP contribution in [0.4, 0.5) is 14.9 Å². The number of benzene rings is 2. The summed E-state index contributed by atoms with van der Waals surface area (Å²) in [6.07, 6.45) is 2.65. The molecule has 11 heteroatoms. The quantitative estimate of drug-likeness (QED) is 0.336. The summed E-state index contributed by atoms with van der Waals surface area (Å²) in [5, 5.41) is 1.52. The summed E-state index contributed by atoms with van der Waals surface area (Å²) in [6, 6.07) is 11.1. The van der Waals surface area contributed by atoms with Crippen molar-refractivity contribution in [2.75, 3.05) is 30.5 Å². The van der Waals surface area contributed by atoms with Gasteiger partial charge in [-0.05, 0) is 67.0 Å². The average molecular weight is 567 g/mol. The van der Waals surface area contributed by atoms with E-state index >= 15 is 0 Å². The third-order valence-electron chi connectivity index (χ3n) is 4.84. The van der Waals surface area contributed by atoms with Crippen LogP contribution in [0.3, 0.4) is 0 Å². The van der Waals surface area contributed by atoms with Gasteiger partial charge < -0.3 is 23.2 Å². The highest BCUT2D eigenvalue weighted by Gasteiger charge is 2.23. The van der Waals surface area contributed by atoms with E-state index in [-0.39, 0.29) is 26.2 Å². The third-order valence-corrected chi connectivity index (χ3v) is 6.20. The standard InChI is InChI=1S/C24H27BrFN3O5S/c1-24(2,3)34-23(30)28(13-14-33-22-8-7-18(26)15-20(22)25)11-12-29(35(31)32)21-6-4-5-17-16-27-10-9-19(17)21/h4-10,15-16H,11-14H2,1-3H3,(H,31,32)/p-1. The molecule has 1 unspecified atom stereocenters. The van der Waals surface area contributed by atoms with Crippen molar-refractivity contribution < 1.29 is 27.4 Å². The zero-order valence-corrected chi connectivity index (χ0v) is 22.0. The maximum atomic E-state index is 13.3. The Morgan fingerprint density at radius 1 is 1.17 bits per heavy atom. The van der Waals surface area contributed by atoms with E-state index in [4.69, 9.17) is 9.47 Å². The van der Waals surface area contributed by atoms with Gasteiger partial charge in [-0.1, -0.05) is 12.1 Å². The van der Waals surface area contributed by atoms with E-state index < -0.39 is 28.8 Å². The largest absolute Gasteiger partial charge is 0.755 e. The molecule has 0 bridgehead atoms. The molecule has 3 aromatic rings. The highest BCUT2D eigenvalue weighted by atomic mass is 79.9. The van der Waals surface area contributed by atoms with Crippen LogP contribution in [0, 0.1) is 5.82 Å². The van der Waals surface area contributed by atoms with Gasteiger partial charge in [0.05, 0.1) is 16.7 Å². The molecule has 1 heterocycles. The molecule has 0 aliphatic heterocycles. The van der Waals surface area contributed by atoms with Gasteiger partial charge in [0.25, 0.3) is 0 Å². The lowest BCUT2D eigenvalue weighted by atomic mass is 10.1. The van der Waals surface area contributed by atoms with E-state index in [0.29, 0.717) is 15.9 Å². The van der Waals surface area contributed by atoms with Gasteiger partial charge in [-0.3, -0.25) is 9.19 Å². The van der Waals surface area contributed by atoms with Crippen LogP contribution in [0.1, 0.15) is 20.8 Å². The van der Waals surface area contributed by atoms with Crippen LogP contribution in [0.5, 0.6) is 5.75 Å². The van der Waals surface area contributed by atoms with Crippen molar-refractivity contribution in [1.29, 1.82) is 0 Å². The molecule has 1 aromatic heterocycles. The van der Waals surface area contributed by atoms with Crippen LogP contribution < -0.4 is 9.04 Å². The molecule has 0 saturated carbocycles. The molecular formula is C24H26BrFN3O5S-. The number of carbonyl (C=O) groups excluding carboxylic acids is 1. The van der Waals surface area contributed by atoms with Crippen LogP contribution in [0.15, 0.2) is 59.3 Å². The zero-order valence-electron chi connectivity index (χ0n) is 19.6. The van der Waals surface area contributed by atoms with E-state index in [1.54, 1.807) is 51.4 Å². The highest BCUT2D eigenvalue weighted by Crippen LogP contribution is 2.27. The Kier molecular flexibility index (Phi) is 9.03. The molecule has 0 aliphatic rings. The molecule has 0 saturated heterocycles. The van der Waals surface area contributed by atoms with Gasteiger partial charge in [0.2, 0.25) is 0 Å². The molecule has 0 N–H and O–H groups in total. The Bertz CT molecular complexity index is 1200. The Morgan fingerprint density at radius 3 is 2.63 bits per heavy atom. The van der Waals surface area contributed by atoms with Crippen molar-refractivity contribution in [3.8, 4) is 5.75 Å². The number of nitrogens with zero attached hydrogens (tertiary/aromatic N) is 3. The number of rotatable bonds is 9. The molecule has 1 amide bonds. The van der Waals surface area contributed by atoms with E-state index in [1.165, 1.54) is 27.4 Å². The minimum absolute atomic E-state index is 0.00294. The fourth-order valence-corrected chi connectivity index (χ4v) is 4.30. The predicted octanol–water partition coefficient (Wildman–Crippen LogP) is 5.05. The molecule has 188 valence electrons. The van der Waals surface area contributed by atoms with Crippen LogP contribution in [-0.4, -0.2) is 56.6 Å². The van der Waals surface area contributed by atoms with Gasteiger partial charge >= 0.3 is 6.09 Å². The maximum Gasteiger partial charge on any atom is 0.410 e. The fraction of sp³-hybridized carbons (Fsp3) is 0.333. The van der Waals surface area contributed by atoms with E-state index in [1.807, 2.05) is 6.07 Å². The zero-order chi connectivity index (χ0) is 25.6. The molecule has 0 fully saturated rings. The number of ether oxygens (including phenoxy) is 2. The Hall–Kier alpha value is -2.76. The number of aromatic nitrogens is 1. The van der Waals surface area contributed by atoms with E-state index in [0.717, 1.165) is 10.8 Å². The van der Waals surface area contributed by atoms with Gasteiger partial charge in [-0.15, -0.1) is 0 Å². The SMILES string of the molecule is CC(C)(C)OC(=O)N(CCOc1ccc(F)cc1Br)CCN(c1cccc2cnccc12)S(=O)[O-]. The molecule has 0 spiro atoms. The van der Waals surface area contributed by atoms with Crippen molar-refractivity contribution >= 4 is 49.7 Å². The first-order valence-corrected chi connectivity index (χ1v) is 12.6. The fourth-order valence-electron chi connectivity index (χ4n) is 3.29. The summed E-state index contributed by atoms with van der Waals surface area (Å²) >= 11 is 0.656. The molecule has 3 rings (SSSR count). The summed E-state index contributed by atoms with van der Waals surface area (Å²) in [7, 11) is 0. The Balaban J connectivity index is 1.76. The smallest absolute Gasteiger partial charge is 0.410 e. The van der Waals surface area contributed by atoms with Gasteiger partial charge in [0, 0.05) is 47.5 Å². The van der Waals surface area contributed by atoms with Crippen molar-refractivity contribution in [3.63, 3.8) is 0 Å². The molecule has 0 aliphatic carbocycles. The lowest BCUT2D eigenvalue weighted by Gasteiger charge is -2.32. The second-order valence-corrected chi connectivity index (χ2v) is 10.3. The molecular weight excluding hydrogens is 541 g/mol. The number of hydrogen-bond acceptors (Lipinski definition) is 6. The topological polar surface area (TPSA) is 95.0 Å². The van der Waals surface area contributed by atoms with Crippen LogP contribution in [0.25, 0.3) is 10.8 Å². The number of fused-ring (bicyclic) bond motifs is 1. The second-order valence-electron chi connectivity index (χ2n) is 8.58. The lowest BCUT2D eigenvalue weighted by Crippen LogP contribution is -2.43. The monoisotopic (exact) mass is 566 g/mol. The predicted molar refractivity (Wildman–Crippen MR) is 135 cm³/mol.